The summed E-state index contributed by atoms with van der Waals surface area (Å²) in [5.74, 6) is 0. The minimum Gasteiger partial charge on any atom is -0.398 e. The average molecular weight is 213 g/mol. The molecule has 1 heterocycles. The van der Waals surface area contributed by atoms with Crippen molar-refractivity contribution in [2.45, 2.75) is 13.0 Å². The molecule has 0 spiro atoms. The summed E-state index contributed by atoms with van der Waals surface area (Å²) in [6.07, 6.45) is 1.09. The van der Waals surface area contributed by atoms with Crippen LogP contribution in [0.3, 0.4) is 0 Å². The van der Waals surface area contributed by atoms with Gasteiger partial charge in [0, 0.05) is 17.3 Å². The topological polar surface area (TPSA) is 38.5 Å². The molecule has 0 unspecified atom stereocenters. The summed E-state index contributed by atoms with van der Waals surface area (Å²) < 4.78 is 0. The van der Waals surface area contributed by atoms with Crippen molar-refractivity contribution in [3.05, 3.63) is 28.8 Å². The van der Waals surface area contributed by atoms with Gasteiger partial charge in [0.1, 0.15) is 0 Å². The standard InChI is InChI=1S/C10H13ClN2O/c11-9-3-2-8(10(12)6-9)7-13-4-1-5-14-13/h2-3,6H,1,4-5,7,12H2. The van der Waals surface area contributed by atoms with Gasteiger partial charge >= 0.3 is 0 Å². The Balaban J connectivity index is 2.08. The Morgan fingerprint density at radius 3 is 3.00 bits per heavy atom. The zero-order valence-corrected chi connectivity index (χ0v) is 8.63. The number of anilines is 1. The van der Waals surface area contributed by atoms with Gasteiger partial charge in [-0.3, -0.25) is 4.84 Å². The molecule has 1 aromatic rings. The number of nitrogens with two attached hydrogens (primary N) is 1. The van der Waals surface area contributed by atoms with Gasteiger partial charge < -0.3 is 5.73 Å². The van der Waals surface area contributed by atoms with Crippen LogP contribution in [-0.2, 0) is 11.4 Å². The fraction of sp³-hybridized carbons (Fsp3) is 0.400. The number of benzene rings is 1. The van der Waals surface area contributed by atoms with Gasteiger partial charge in [0.25, 0.3) is 0 Å². The van der Waals surface area contributed by atoms with Crippen LogP contribution in [0.25, 0.3) is 0 Å². The third-order valence-corrected chi connectivity index (χ3v) is 2.52. The molecule has 14 heavy (non-hydrogen) atoms. The number of halogens is 1. The SMILES string of the molecule is Nc1cc(Cl)ccc1CN1CCCO1. The third-order valence-electron chi connectivity index (χ3n) is 2.28. The molecule has 0 radical (unpaired) electrons. The van der Waals surface area contributed by atoms with Gasteiger partial charge in [0.15, 0.2) is 0 Å². The first-order chi connectivity index (χ1) is 6.75. The molecule has 76 valence electrons. The highest BCUT2D eigenvalue weighted by atomic mass is 35.5. The van der Waals surface area contributed by atoms with Crippen LogP contribution in [0.2, 0.25) is 5.02 Å². The monoisotopic (exact) mass is 212 g/mol. The zero-order valence-electron chi connectivity index (χ0n) is 7.87. The van der Waals surface area contributed by atoms with Crippen LogP contribution in [0.4, 0.5) is 5.69 Å². The molecule has 0 amide bonds. The van der Waals surface area contributed by atoms with Crippen molar-refractivity contribution in [2.24, 2.45) is 0 Å². The second kappa shape index (κ2) is 4.17. The Bertz CT molecular complexity index is 324. The Morgan fingerprint density at radius 1 is 1.50 bits per heavy atom. The van der Waals surface area contributed by atoms with E-state index in [2.05, 4.69) is 0 Å². The van der Waals surface area contributed by atoms with Crippen LogP contribution in [0.1, 0.15) is 12.0 Å². The lowest BCUT2D eigenvalue weighted by Gasteiger charge is -2.14. The van der Waals surface area contributed by atoms with Crippen LogP contribution in [0, 0.1) is 0 Å². The quantitative estimate of drug-likeness (QED) is 0.763. The molecule has 1 aliphatic heterocycles. The number of hydrogen-bond donors (Lipinski definition) is 1. The van der Waals surface area contributed by atoms with E-state index in [1.807, 2.05) is 17.2 Å². The predicted octanol–water partition coefficient (Wildman–Crippen LogP) is 2.06. The summed E-state index contributed by atoms with van der Waals surface area (Å²) in [7, 11) is 0. The lowest BCUT2D eigenvalue weighted by atomic mass is 10.2. The van der Waals surface area contributed by atoms with E-state index < -0.39 is 0 Å². The van der Waals surface area contributed by atoms with E-state index in [9.17, 15) is 0 Å². The highest BCUT2D eigenvalue weighted by molar-refractivity contribution is 6.30. The van der Waals surface area contributed by atoms with E-state index in [4.69, 9.17) is 22.2 Å². The van der Waals surface area contributed by atoms with E-state index in [0.29, 0.717) is 5.02 Å². The highest BCUT2D eigenvalue weighted by Gasteiger charge is 2.13. The molecule has 0 aliphatic carbocycles. The van der Waals surface area contributed by atoms with Crippen molar-refractivity contribution in [3.8, 4) is 0 Å². The van der Waals surface area contributed by atoms with E-state index in [-0.39, 0.29) is 0 Å². The first-order valence-corrected chi connectivity index (χ1v) is 5.05. The summed E-state index contributed by atoms with van der Waals surface area (Å²) in [5, 5.41) is 2.60. The Kier molecular flexibility index (Phi) is 2.91. The van der Waals surface area contributed by atoms with Gasteiger partial charge in [-0.2, -0.15) is 5.06 Å². The second-order valence-corrected chi connectivity index (χ2v) is 3.83. The summed E-state index contributed by atoms with van der Waals surface area (Å²) in [6.45, 7) is 2.53. The molecule has 2 rings (SSSR count). The predicted molar refractivity (Wildman–Crippen MR) is 56.8 cm³/mol. The maximum atomic E-state index is 5.83. The molecule has 0 saturated carbocycles. The Morgan fingerprint density at radius 2 is 2.36 bits per heavy atom. The van der Waals surface area contributed by atoms with Crippen LogP contribution in [0.5, 0.6) is 0 Å². The lowest BCUT2D eigenvalue weighted by Crippen LogP contribution is -2.17. The van der Waals surface area contributed by atoms with Crippen LogP contribution in [-0.4, -0.2) is 18.2 Å². The molecular formula is C10H13ClN2O. The summed E-state index contributed by atoms with van der Waals surface area (Å²) in [6, 6.07) is 5.57. The van der Waals surface area contributed by atoms with Crippen molar-refractivity contribution in [3.63, 3.8) is 0 Å². The molecule has 1 aromatic carbocycles. The average Bonchev–Trinajstić information content (AvgIpc) is 2.62. The molecule has 1 fully saturated rings. The molecule has 1 aliphatic rings. The fourth-order valence-corrected chi connectivity index (χ4v) is 1.70. The molecule has 3 nitrogen and oxygen atoms in total. The van der Waals surface area contributed by atoms with Gasteiger partial charge in [0.2, 0.25) is 0 Å². The van der Waals surface area contributed by atoms with E-state index in [1.165, 1.54) is 0 Å². The molecular weight excluding hydrogens is 200 g/mol. The summed E-state index contributed by atoms with van der Waals surface area (Å²) >= 11 is 5.81. The van der Waals surface area contributed by atoms with E-state index >= 15 is 0 Å². The molecule has 0 aromatic heterocycles. The number of hydroxylamine groups is 2. The number of nitrogen functional groups attached to an aromatic ring is 1. The minimum atomic E-state index is 0.675. The smallest absolute Gasteiger partial charge is 0.0698 e. The van der Waals surface area contributed by atoms with Crippen molar-refractivity contribution < 1.29 is 4.84 Å². The van der Waals surface area contributed by atoms with Crippen molar-refractivity contribution >= 4 is 17.3 Å². The van der Waals surface area contributed by atoms with Gasteiger partial charge in [0.05, 0.1) is 13.2 Å². The Hall–Kier alpha value is -0.770. The van der Waals surface area contributed by atoms with Crippen molar-refractivity contribution in [1.82, 2.24) is 5.06 Å². The van der Waals surface area contributed by atoms with Gasteiger partial charge in [-0.25, -0.2) is 0 Å². The third kappa shape index (κ3) is 2.18. The molecule has 0 atom stereocenters. The maximum Gasteiger partial charge on any atom is 0.0698 e. The molecule has 0 bridgehead atoms. The van der Waals surface area contributed by atoms with Gasteiger partial charge in [-0.05, 0) is 24.1 Å². The first kappa shape index (κ1) is 9.77. The largest absolute Gasteiger partial charge is 0.398 e. The number of nitrogens with zero attached hydrogens (tertiary/aromatic N) is 1. The summed E-state index contributed by atoms with van der Waals surface area (Å²) in [5.41, 5.74) is 7.63. The normalized spacial score (nSPS) is 17.5. The number of rotatable bonds is 2. The van der Waals surface area contributed by atoms with Crippen LogP contribution < -0.4 is 5.73 Å². The van der Waals surface area contributed by atoms with Gasteiger partial charge in [-0.15, -0.1) is 0 Å². The second-order valence-electron chi connectivity index (χ2n) is 3.39. The van der Waals surface area contributed by atoms with Crippen LogP contribution in [0.15, 0.2) is 18.2 Å². The van der Waals surface area contributed by atoms with Gasteiger partial charge in [-0.1, -0.05) is 17.7 Å². The molecule has 2 N–H and O–H groups in total. The van der Waals surface area contributed by atoms with Crippen LogP contribution >= 0.6 is 11.6 Å². The lowest BCUT2D eigenvalue weighted by molar-refractivity contribution is -0.117. The first-order valence-electron chi connectivity index (χ1n) is 4.67. The molecule has 1 saturated heterocycles. The van der Waals surface area contributed by atoms with E-state index in [0.717, 1.165) is 37.4 Å². The molecule has 4 heteroatoms. The summed E-state index contributed by atoms with van der Waals surface area (Å²) in [4.78, 5) is 5.39. The fourth-order valence-electron chi connectivity index (χ4n) is 1.52. The number of hydrogen-bond acceptors (Lipinski definition) is 3. The van der Waals surface area contributed by atoms with Crippen molar-refractivity contribution in [2.75, 3.05) is 18.9 Å². The zero-order chi connectivity index (χ0) is 9.97. The van der Waals surface area contributed by atoms with Crippen molar-refractivity contribution in [1.29, 1.82) is 0 Å². The minimum absolute atomic E-state index is 0.675. The highest BCUT2D eigenvalue weighted by Crippen LogP contribution is 2.20. The van der Waals surface area contributed by atoms with E-state index in [1.54, 1.807) is 6.07 Å². The Labute approximate surface area is 88.4 Å². The maximum absolute atomic E-state index is 5.83.